The zero-order valence-electron chi connectivity index (χ0n) is 12.4. The molecule has 0 spiro atoms. The first kappa shape index (κ1) is 16.0. The smallest absolute Gasteiger partial charge is 0.00104 e. The van der Waals surface area contributed by atoms with E-state index in [0.29, 0.717) is 11.5 Å². The van der Waals surface area contributed by atoms with Crippen molar-refractivity contribution >= 4 is 0 Å². The van der Waals surface area contributed by atoms with E-state index in [4.69, 9.17) is 0 Å². The van der Waals surface area contributed by atoms with Gasteiger partial charge in [-0.1, -0.05) is 67.2 Å². The average Bonchev–Trinajstić information content (AvgIpc) is 2.14. The monoisotopic (exact) mass is 227 g/mol. The van der Waals surface area contributed by atoms with E-state index in [1.165, 1.54) is 38.6 Å². The lowest BCUT2D eigenvalue weighted by Gasteiger charge is -2.32. The highest BCUT2D eigenvalue weighted by Crippen LogP contribution is 2.30. The standard InChI is InChI=1S/C15H33N/c1-7-8-9-10-11-14(15(4,5)6)12-16-13(2)3/h13-14,16H,7-12H2,1-6H3. The van der Waals surface area contributed by atoms with E-state index in [1.807, 2.05) is 0 Å². The van der Waals surface area contributed by atoms with Crippen molar-refractivity contribution in [2.45, 2.75) is 79.7 Å². The van der Waals surface area contributed by atoms with Gasteiger partial charge in [-0.3, -0.25) is 0 Å². The van der Waals surface area contributed by atoms with Gasteiger partial charge in [0.1, 0.15) is 0 Å². The number of hydrogen-bond donors (Lipinski definition) is 1. The van der Waals surface area contributed by atoms with E-state index in [1.54, 1.807) is 0 Å². The lowest BCUT2D eigenvalue weighted by atomic mass is 9.77. The Hall–Kier alpha value is -0.0400. The first-order chi connectivity index (χ1) is 7.38. The van der Waals surface area contributed by atoms with Crippen molar-refractivity contribution in [3.05, 3.63) is 0 Å². The van der Waals surface area contributed by atoms with E-state index in [9.17, 15) is 0 Å². The fraction of sp³-hybridized carbons (Fsp3) is 1.00. The Morgan fingerprint density at radius 1 is 1.00 bits per heavy atom. The summed E-state index contributed by atoms with van der Waals surface area (Å²) in [6.07, 6.45) is 6.92. The predicted octanol–water partition coefficient (Wildman–Crippen LogP) is 4.62. The summed E-state index contributed by atoms with van der Waals surface area (Å²) in [4.78, 5) is 0. The largest absolute Gasteiger partial charge is 0.314 e. The molecule has 0 fully saturated rings. The maximum atomic E-state index is 3.59. The fourth-order valence-corrected chi connectivity index (χ4v) is 2.04. The number of rotatable bonds is 8. The molecule has 0 saturated heterocycles. The van der Waals surface area contributed by atoms with Crippen molar-refractivity contribution in [3.63, 3.8) is 0 Å². The van der Waals surface area contributed by atoms with Crippen LogP contribution in [0.2, 0.25) is 0 Å². The van der Waals surface area contributed by atoms with Gasteiger partial charge in [-0.15, -0.1) is 0 Å². The SMILES string of the molecule is CCCCCCC(CNC(C)C)C(C)(C)C. The molecule has 0 saturated carbocycles. The summed E-state index contributed by atoms with van der Waals surface area (Å²) >= 11 is 0. The minimum Gasteiger partial charge on any atom is -0.314 e. The van der Waals surface area contributed by atoms with Gasteiger partial charge >= 0.3 is 0 Å². The minimum absolute atomic E-state index is 0.439. The molecular weight excluding hydrogens is 194 g/mol. The van der Waals surface area contributed by atoms with Crippen molar-refractivity contribution in [1.82, 2.24) is 5.32 Å². The van der Waals surface area contributed by atoms with E-state index >= 15 is 0 Å². The van der Waals surface area contributed by atoms with Gasteiger partial charge in [0.05, 0.1) is 0 Å². The first-order valence-electron chi connectivity index (χ1n) is 7.11. The molecule has 0 amide bonds. The van der Waals surface area contributed by atoms with Gasteiger partial charge in [-0.25, -0.2) is 0 Å². The Morgan fingerprint density at radius 3 is 2.06 bits per heavy atom. The van der Waals surface area contributed by atoms with Crippen molar-refractivity contribution in [2.24, 2.45) is 11.3 Å². The van der Waals surface area contributed by atoms with Crippen molar-refractivity contribution in [2.75, 3.05) is 6.54 Å². The Balaban J connectivity index is 3.92. The summed E-state index contributed by atoms with van der Waals surface area (Å²) in [5.74, 6) is 0.812. The Bertz CT molecular complexity index is 155. The van der Waals surface area contributed by atoms with E-state index in [2.05, 4.69) is 46.9 Å². The van der Waals surface area contributed by atoms with Crippen LogP contribution in [0.4, 0.5) is 0 Å². The van der Waals surface area contributed by atoms with Crippen molar-refractivity contribution < 1.29 is 0 Å². The molecule has 1 heteroatoms. The molecule has 1 unspecified atom stereocenters. The van der Waals surface area contributed by atoms with Crippen LogP contribution in [-0.4, -0.2) is 12.6 Å². The normalized spacial score (nSPS) is 14.4. The third kappa shape index (κ3) is 8.15. The quantitative estimate of drug-likeness (QED) is 0.597. The molecule has 0 radical (unpaired) electrons. The summed E-state index contributed by atoms with van der Waals surface area (Å²) < 4.78 is 0. The molecule has 0 aromatic heterocycles. The summed E-state index contributed by atoms with van der Waals surface area (Å²) in [6, 6.07) is 0.612. The zero-order valence-corrected chi connectivity index (χ0v) is 12.4. The van der Waals surface area contributed by atoms with Gasteiger partial charge in [0.15, 0.2) is 0 Å². The first-order valence-corrected chi connectivity index (χ1v) is 7.11. The maximum absolute atomic E-state index is 3.59. The molecule has 0 bridgehead atoms. The number of unbranched alkanes of at least 4 members (excludes halogenated alkanes) is 3. The second-order valence-electron chi connectivity index (χ2n) is 6.48. The Morgan fingerprint density at radius 2 is 1.62 bits per heavy atom. The summed E-state index contributed by atoms with van der Waals surface area (Å²) in [5.41, 5.74) is 0.439. The molecule has 0 aliphatic carbocycles. The molecule has 0 aromatic carbocycles. The van der Waals surface area contributed by atoms with Crippen LogP contribution in [0.5, 0.6) is 0 Å². The molecule has 0 heterocycles. The second-order valence-corrected chi connectivity index (χ2v) is 6.48. The Kier molecular flexibility index (Phi) is 8.09. The van der Waals surface area contributed by atoms with E-state index in [-0.39, 0.29) is 0 Å². The van der Waals surface area contributed by atoms with E-state index in [0.717, 1.165) is 5.92 Å². The van der Waals surface area contributed by atoms with Crippen molar-refractivity contribution in [3.8, 4) is 0 Å². The van der Waals surface area contributed by atoms with Crippen LogP contribution in [0, 0.1) is 11.3 Å². The number of nitrogens with one attached hydrogen (secondary N) is 1. The van der Waals surface area contributed by atoms with Gasteiger partial charge in [-0.2, -0.15) is 0 Å². The van der Waals surface area contributed by atoms with Crippen LogP contribution in [0.3, 0.4) is 0 Å². The second kappa shape index (κ2) is 8.11. The molecule has 0 aliphatic rings. The molecule has 0 rings (SSSR count). The van der Waals surface area contributed by atoms with Crippen LogP contribution >= 0.6 is 0 Å². The third-order valence-corrected chi connectivity index (χ3v) is 3.40. The summed E-state index contributed by atoms with van der Waals surface area (Å²) in [7, 11) is 0. The van der Waals surface area contributed by atoms with Gasteiger partial charge in [0, 0.05) is 6.04 Å². The molecule has 0 aliphatic heterocycles. The van der Waals surface area contributed by atoms with Crippen LogP contribution in [0.25, 0.3) is 0 Å². The third-order valence-electron chi connectivity index (χ3n) is 3.40. The highest BCUT2D eigenvalue weighted by atomic mass is 14.9. The molecule has 0 aromatic rings. The molecule has 1 nitrogen and oxygen atoms in total. The maximum Gasteiger partial charge on any atom is 0.00104 e. The minimum atomic E-state index is 0.439. The highest BCUT2D eigenvalue weighted by Gasteiger charge is 2.23. The summed E-state index contributed by atoms with van der Waals surface area (Å²) in [6.45, 7) is 15.0. The van der Waals surface area contributed by atoms with Crippen LogP contribution in [0.1, 0.15) is 73.6 Å². The summed E-state index contributed by atoms with van der Waals surface area (Å²) in [5, 5.41) is 3.59. The van der Waals surface area contributed by atoms with E-state index < -0.39 is 0 Å². The lowest BCUT2D eigenvalue weighted by molar-refractivity contribution is 0.209. The number of hydrogen-bond acceptors (Lipinski definition) is 1. The van der Waals surface area contributed by atoms with Crippen LogP contribution in [-0.2, 0) is 0 Å². The molecule has 98 valence electrons. The highest BCUT2D eigenvalue weighted by molar-refractivity contribution is 4.76. The average molecular weight is 227 g/mol. The molecular formula is C15H33N. The van der Waals surface area contributed by atoms with Gasteiger partial charge in [0.2, 0.25) is 0 Å². The predicted molar refractivity (Wildman–Crippen MR) is 74.8 cm³/mol. The van der Waals surface area contributed by atoms with Gasteiger partial charge in [0.25, 0.3) is 0 Å². The topological polar surface area (TPSA) is 12.0 Å². The van der Waals surface area contributed by atoms with Gasteiger partial charge in [-0.05, 0) is 24.3 Å². The molecule has 1 atom stereocenters. The lowest BCUT2D eigenvalue weighted by Crippen LogP contribution is -2.35. The van der Waals surface area contributed by atoms with Crippen molar-refractivity contribution in [1.29, 1.82) is 0 Å². The molecule has 16 heavy (non-hydrogen) atoms. The van der Waals surface area contributed by atoms with Crippen LogP contribution in [0.15, 0.2) is 0 Å². The zero-order chi connectivity index (χ0) is 12.6. The Labute approximate surface area is 103 Å². The van der Waals surface area contributed by atoms with Crippen LogP contribution < -0.4 is 5.32 Å². The van der Waals surface area contributed by atoms with Gasteiger partial charge < -0.3 is 5.32 Å². The fourth-order valence-electron chi connectivity index (χ4n) is 2.04. The molecule has 1 N–H and O–H groups in total.